The summed E-state index contributed by atoms with van der Waals surface area (Å²) >= 11 is 3.39. The van der Waals surface area contributed by atoms with E-state index in [0.717, 1.165) is 28.9 Å². The maximum absolute atomic E-state index is 5.71. The average Bonchev–Trinajstić information content (AvgIpc) is 2.28. The van der Waals surface area contributed by atoms with E-state index in [1.165, 1.54) is 0 Å². The van der Waals surface area contributed by atoms with Gasteiger partial charge in [-0.3, -0.25) is 0 Å². The molecule has 0 aliphatic carbocycles. The Hall–Kier alpha value is -1.13. The fraction of sp³-hybridized carbons (Fsp3) is 0.250. The van der Waals surface area contributed by atoms with Crippen LogP contribution < -0.4 is 10.6 Å². The Morgan fingerprint density at radius 1 is 1.38 bits per heavy atom. The SMILES string of the molecule is C=CCN(CC=C)c1ncc(Br)cc1CN. The van der Waals surface area contributed by atoms with Crippen LogP contribution in [0.15, 0.2) is 42.0 Å². The molecular weight excluding hydrogens is 266 g/mol. The smallest absolute Gasteiger partial charge is 0.133 e. The molecule has 0 radical (unpaired) electrons. The van der Waals surface area contributed by atoms with Gasteiger partial charge in [0.2, 0.25) is 0 Å². The van der Waals surface area contributed by atoms with Crippen LogP contribution in [-0.4, -0.2) is 18.1 Å². The van der Waals surface area contributed by atoms with E-state index in [0.29, 0.717) is 6.54 Å². The standard InChI is InChI=1S/C12H16BrN3/c1-3-5-16(6-4-2)12-10(8-14)7-11(13)9-15-12/h3-4,7,9H,1-2,5-6,8,14H2. The number of hydrogen-bond donors (Lipinski definition) is 1. The lowest BCUT2D eigenvalue weighted by molar-refractivity contribution is 0.897. The topological polar surface area (TPSA) is 42.2 Å². The van der Waals surface area contributed by atoms with E-state index in [1.807, 2.05) is 18.2 Å². The van der Waals surface area contributed by atoms with E-state index in [9.17, 15) is 0 Å². The largest absolute Gasteiger partial charge is 0.349 e. The van der Waals surface area contributed by atoms with Gasteiger partial charge < -0.3 is 10.6 Å². The Labute approximate surface area is 105 Å². The number of hydrogen-bond acceptors (Lipinski definition) is 3. The van der Waals surface area contributed by atoms with E-state index in [4.69, 9.17) is 5.73 Å². The molecule has 0 aliphatic rings. The molecule has 0 unspecified atom stereocenters. The maximum Gasteiger partial charge on any atom is 0.133 e. The molecule has 1 aromatic heterocycles. The molecule has 0 aromatic carbocycles. The molecule has 0 bridgehead atoms. The highest BCUT2D eigenvalue weighted by Gasteiger charge is 2.09. The van der Waals surface area contributed by atoms with Crippen molar-refractivity contribution in [1.29, 1.82) is 0 Å². The third-order valence-electron chi connectivity index (χ3n) is 2.13. The summed E-state index contributed by atoms with van der Waals surface area (Å²) in [5.41, 5.74) is 6.72. The monoisotopic (exact) mass is 281 g/mol. The Balaban J connectivity index is 3.06. The van der Waals surface area contributed by atoms with Crippen LogP contribution in [0.25, 0.3) is 0 Å². The summed E-state index contributed by atoms with van der Waals surface area (Å²) in [7, 11) is 0. The molecule has 3 nitrogen and oxygen atoms in total. The molecule has 0 saturated carbocycles. The fourth-order valence-corrected chi connectivity index (χ4v) is 1.85. The third-order valence-corrected chi connectivity index (χ3v) is 2.56. The number of nitrogens with two attached hydrogens (primary N) is 1. The highest BCUT2D eigenvalue weighted by molar-refractivity contribution is 9.10. The Morgan fingerprint density at radius 2 is 2.00 bits per heavy atom. The van der Waals surface area contributed by atoms with Crippen molar-refractivity contribution in [2.75, 3.05) is 18.0 Å². The van der Waals surface area contributed by atoms with E-state index >= 15 is 0 Å². The van der Waals surface area contributed by atoms with Gasteiger partial charge in [0.15, 0.2) is 0 Å². The molecule has 0 aliphatic heterocycles. The first-order chi connectivity index (χ1) is 7.72. The number of nitrogens with zero attached hydrogens (tertiary/aromatic N) is 2. The quantitative estimate of drug-likeness (QED) is 0.815. The maximum atomic E-state index is 5.71. The van der Waals surface area contributed by atoms with Gasteiger partial charge in [0.05, 0.1) is 0 Å². The molecule has 2 N–H and O–H groups in total. The van der Waals surface area contributed by atoms with Crippen molar-refractivity contribution >= 4 is 21.7 Å². The molecule has 0 amide bonds. The molecule has 4 heteroatoms. The predicted octanol–water partition coefficient (Wildman–Crippen LogP) is 2.48. The highest BCUT2D eigenvalue weighted by atomic mass is 79.9. The minimum absolute atomic E-state index is 0.465. The summed E-state index contributed by atoms with van der Waals surface area (Å²) in [6.07, 6.45) is 5.45. The summed E-state index contributed by atoms with van der Waals surface area (Å²) in [6.45, 7) is 9.40. The lowest BCUT2D eigenvalue weighted by atomic mass is 10.2. The zero-order valence-electron chi connectivity index (χ0n) is 9.19. The van der Waals surface area contributed by atoms with Crippen molar-refractivity contribution in [1.82, 2.24) is 4.98 Å². The van der Waals surface area contributed by atoms with E-state index < -0.39 is 0 Å². The first-order valence-electron chi connectivity index (χ1n) is 5.04. The second-order valence-corrected chi connectivity index (χ2v) is 4.24. The molecule has 0 fully saturated rings. The van der Waals surface area contributed by atoms with Crippen LogP contribution in [0.5, 0.6) is 0 Å². The van der Waals surface area contributed by atoms with E-state index in [-0.39, 0.29) is 0 Å². The van der Waals surface area contributed by atoms with Gasteiger partial charge in [0.1, 0.15) is 5.82 Å². The molecule has 0 spiro atoms. The van der Waals surface area contributed by atoms with Crippen LogP contribution in [0.4, 0.5) is 5.82 Å². The van der Waals surface area contributed by atoms with Crippen LogP contribution in [0, 0.1) is 0 Å². The van der Waals surface area contributed by atoms with Gasteiger partial charge in [-0.05, 0) is 22.0 Å². The number of halogens is 1. The van der Waals surface area contributed by atoms with E-state index in [2.05, 4.69) is 39.0 Å². The predicted molar refractivity (Wildman–Crippen MR) is 72.4 cm³/mol. The summed E-state index contributed by atoms with van der Waals surface area (Å²) in [4.78, 5) is 6.47. The lowest BCUT2D eigenvalue weighted by Crippen LogP contribution is -2.26. The number of pyridine rings is 1. The van der Waals surface area contributed by atoms with Gasteiger partial charge >= 0.3 is 0 Å². The van der Waals surface area contributed by atoms with Crippen LogP contribution in [0.2, 0.25) is 0 Å². The molecule has 0 saturated heterocycles. The fourth-order valence-electron chi connectivity index (χ4n) is 1.47. The Kier molecular flexibility index (Phi) is 5.22. The van der Waals surface area contributed by atoms with Crippen molar-refractivity contribution in [2.24, 2.45) is 5.73 Å². The second kappa shape index (κ2) is 6.45. The molecule has 1 aromatic rings. The molecule has 1 rings (SSSR count). The lowest BCUT2D eigenvalue weighted by Gasteiger charge is -2.22. The van der Waals surface area contributed by atoms with Gasteiger partial charge in [0.25, 0.3) is 0 Å². The molecule has 16 heavy (non-hydrogen) atoms. The van der Waals surface area contributed by atoms with Crippen LogP contribution in [-0.2, 0) is 6.54 Å². The highest BCUT2D eigenvalue weighted by Crippen LogP contribution is 2.21. The van der Waals surface area contributed by atoms with Crippen molar-refractivity contribution in [3.63, 3.8) is 0 Å². The molecule has 86 valence electrons. The Morgan fingerprint density at radius 3 is 2.50 bits per heavy atom. The van der Waals surface area contributed by atoms with Gasteiger partial charge in [-0.25, -0.2) is 4.98 Å². The first-order valence-corrected chi connectivity index (χ1v) is 5.83. The van der Waals surface area contributed by atoms with E-state index in [1.54, 1.807) is 6.20 Å². The van der Waals surface area contributed by atoms with Crippen molar-refractivity contribution in [2.45, 2.75) is 6.54 Å². The van der Waals surface area contributed by atoms with Crippen LogP contribution in [0.1, 0.15) is 5.56 Å². The number of aromatic nitrogens is 1. The van der Waals surface area contributed by atoms with Gasteiger partial charge in [-0.2, -0.15) is 0 Å². The molecule has 0 atom stereocenters. The summed E-state index contributed by atoms with van der Waals surface area (Å²) in [6, 6.07) is 1.99. The summed E-state index contributed by atoms with van der Waals surface area (Å²) < 4.78 is 0.939. The minimum Gasteiger partial charge on any atom is -0.349 e. The zero-order valence-corrected chi connectivity index (χ0v) is 10.8. The summed E-state index contributed by atoms with van der Waals surface area (Å²) in [5.74, 6) is 0.894. The summed E-state index contributed by atoms with van der Waals surface area (Å²) in [5, 5.41) is 0. The van der Waals surface area contributed by atoms with Gasteiger partial charge in [-0.15, -0.1) is 13.2 Å². The minimum atomic E-state index is 0.465. The molecular formula is C12H16BrN3. The average molecular weight is 282 g/mol. The third kappa shape index (κ3) is 3.18. The van der Waals surface area contributed by atoms with Gasteiger partial charge in [0, 0.05) is 35.9 Å². The van der Waals surface area contributed by atoms with Crippen LogP contribution >= 0.6 is 15.9 Å². The van der Waals surface area contributed by atoms with Crippen molar-refractivity contribution in [3.8, 4) is 0 Å². The zero-order chi connectivity index (χ0) is 12.0. The van der Waals surface area contributed by atoms with Crippen molar-refractivity contribution < 1.29 is 0 Å². The molecule has 1 heterocycles. The first kappa shape index (κ1) is 12.9. The number of rotatable bonds is 6. The van der Waals surface area contributed by atoms with Crippen molar-refractivity contribution in [3.05, 3.63) is 47.6 Å². The number of anilines is 1. The second-order valence-electron chi connectivity index (χ2n) is 3.32. The van der Waals surface area contributed by atoms with Crippen LogP contribution in [0.3, 0.4) is 0 Å². The van der Waals surface area contributed by atoms with Gasteiger partial charge in [-0.1, -0.05) is 12.2 Å². The normalized spacial score (nSPS) is 9.88. The Bertz CT molecular complexity index is 367.